The van der Waals surface area contributed by atoms with E-state index in [0.29, 0.717) is 12.8 Å². The molecule has 0 aliphatic rings. The van der Waals surface area contributed by atoms with Crippen LogP contribution in [0.5, 0.6) is 0 Å². The SMILES string of the molecule is CCC(N)CC(=O)Cc1ccc(C)c(C)c1. The van der Waals surface area contributed by atoms with Gasteiger partial charge in [-0.25, -0.2) is 0 Å². The molecule has 2 heteroatoms. The summed E-state index contributed by atoms with van der Waals surface area (Å²) in [5, 5.41) is 0. The molecule has 1 aromatic rings. The lowest BCUT2D eigenvalue weighted by Gasteiger charge is -2.08. The first-order valence-corrected chi connectivity index (χ1v) is 5.86. The molecule has 0 saturated heterocycles. The van der Waals surface area contributed by atoms with Gasteiger partial charge in [0.2, 0.25) is 0 Å². The zero-order valence-corrected chi connectivity index (χ0v) is 10.4. The molecule has 1 rings (SSSR count). The van der Waals surface area contributed by atoms with Crippen LogP contribution in [0.25, 0.3) is 0 Å². The van der Waals surface area contributed by atoms with Gasteiger partial charge in [-0.1, -0.05) is 25.1 Å². The largest absolute Gasteiger partial charge is 0.327 e. The van der Waals surface area contributed by atoms with E-state index >= 15 is 0 Å². The van der Waals surface area contributed by atoms with Gasteiger partial charge >= 0.3 is 0 Å². The van der Waals surface area contributed by atoms with E-state index in [1.54, 1.807) is 0 Å². The average molecular weight is 219 g/mol. The highest BCUT2D eigenvalue weighted by Crippen LogP contribution is 2.11. The minimum absolute atomic E-state index is 0.0130. The Balaban J connectivity index is 2.59. The first-order valence-electron chi connectivity index (χ1n) is 5.86. The maximum atomic E-state index is 11.7. The molecular weight excluding hydrogens is 198 g/mol. The van der Waals surface area contributed by atoms with Gasteiger partial charge in [0, 0.05) is 18.9 Å². The predicted octanol–water partition coefficient (Wildman–Crippen LogP) is 2.54. The third-order valence-corrected chi connectivity index (χ3v) is 2.99. The van der Waals surface area contributed by atoms with Crippen molar-refractivity contribution in [2.75, 3.05) is 0 Å². The molecule has 2 nitrogen and oxygen atoms in total. The number of carbonyl (C=O) groups excluding carboxylic acids is 1. The molecule has 1 unspecified atom stereocenters. The lowest BCUT2D eigenvalue weighted by Crippen LogP contribution is -2.23. The van der Waals surface area contributed by atoms with E-state index < -0.39 is 0 Å². The molecule has 0 saturated carbocycles. The van der Waals surface area contributed by atoms with Gasteiger partial charge in [0.1, 0.15) is 5.78 Å². The third-order valence-electron chi connectivity index (χ3n) is 2.99. The monoisotopic (exact) mass is 219 g/mol. The second-order valence-corrected chi connectivity index (χ2v) is 4.51. The second kappa shape index (κ2) is 5.80. The number of aryl methyl sites for hydroxylation is 2. The molecule has 1 atom stereocenters. The van der Waals surface area contributed by atoms with E-state index in [4.69, 9.17) is 5.73 Å². The van der Waals surface area contributed by atoms with Gasteiger partial charge < -0.3 is 5.73 Å². The summed E-state index contributed by atoms with van der Waals surface area (Å²) in [6.07, 6.45) is 1.86. The Morgan fingerprint density at radius 1 is 1.31 bits per heavy atom. The number of hydrogen-bond acceptors (Lipinski definition) is 2. The standard InChI is InChI=1S/C14H21NO/c1-4-13(15)9-14(16)8-12-6-5-10(2)11(3)7-12/h5-7,13H,4,8-9,15H2,1-3H3. The van der Waals surface area contributed by atoms with Crippen molar-refractivity contribution in [3.63, 3.8) is 0 Å². The van der Waals surface area contributed by atoms with Crippen molar-refractivity contribution in [1.29, 1.82) is 0 Å². The Hall–Kier alpha value is -1.15. The summed E-state index contributed by atoms with van der Waals surface area (Å²) in [6, 6.07) is 6.19. The number of rotatable bonds is 5. The summed E-state index contributed by atoms with van der Waals surface area (Å²) in [6.45, 7) is 6.16. The Morgan fingerprint density at radius 3 is 2.56 bits per heavy atom. The molecule has 0 spiro atoms. The predicted molar refractivity (Wildman–Crippen MR) is 67.5 cm³/mol. The van der Waals surface area contributed by atoms with Crippen LogP contribution in [0.4, 0.5) is 0 Å². The van der Waals surface area contributed by atoms with Gasteiger partial charge in [0.05, 0.1) is 0 Å². The smallest absolute Gasteiger partial charge is 0.138 e. The maximum absolute atomic E-state index is 11.7. The number of nitrogens with two attached hydrogens (primary N) is 1. The highest BCUT2D eigenvalue weighted by atomic mass is 16.1. The highest BCUT2D eigenvalue weighted by molar-refractivity contribution is 5.81. The van der Waals surface area contributed by atoms with Crippen molar-refractivity contribution in [2.24, 2.45) is 5.73 Å². The number of hydrogen-bond donors (Lipinski definition) is 1. The zero-order valence-electron chi connectivity index (χ0n) is 10.4. The molecule has 0 aliphatic carbocycles. The molecular formula is C14H21NO. The van der Waals surface area contributed by atoms with Crippen LogP contribution in [0.1, 0.15) is 36.5 Å². The number of Topliss-reactive ketones (excluding diaryl/α,β-unsaturated/α-hetero) is 1. The molecule has 16 heavy (non-hydrogen) atoms. The summed E-state index contributed by atoms with van der Waals surface area (Å²) in [5.74, 6) is 0.234. The van der Waals surface area contributed by atoms with Crippen molar-refractivity contribution in [1.82, 2.24) is 0 Å². The summed E-state index contributed by atoms with van der Waals surface area (Å²) in [5.41, 5.74) is 9.36. The van der Waals surface area contributed by atoms with Crippen LogP contribution in [0, 0.1) is 13.8 Å². The van der Waals surface area contributed by atoms with E-state index in [2.05, 4.69) is 26.0 Å². The zero-order chi connectivity index (χ0) is 12.1. The van der Waals surface area contributed by atoms with Gasteiger partial charge in [-0.15, -0.1) is 0 Å². The van der Waals surface area contributed by atoms with Crippen molar-refractivity contribution < 1.29 is 4.79 Å². The Morgan fingerprint density at radius 2 is 2.00 bits per heavy atom. The van der Waals surface area contributed by atoms with Gasteiger partial charge in [-0.05, 0) is 37.0 Å². The fourth-order valence-electron chi connectivity index (χ4n) is 1.65. The molecule has 0 aliphatic heterocycles. The van der Waals surface area contributed by atoms with Gasteiger partial charge in [0.15, 0.2) is 0 Å². The Labute approximate surface area is 97.9 Å². The fourth-order valence-corrected chi connectivity index (χ4v) is 1.65. The lowest BCUT2D eigenvalue weighted by atomic mass is 9.99. The number of benzene rings is 1. The van der Waals surface area contributed by atoms with E-state index in [1.165, 1.54) is 11.1 Å². The van der Waals surface area contributed by atoms with E-state index in [0.717, 1.165) is 12.0 Å². The van der Waals surface area contributed by atoms with Crippen LogP contribution in [-0.2, 0) is 11.2 Å². The molecule has 0 heterocycles. The molecule has 88 valence electrons. The Bertz CT molecular complexity index is 371. The first kappa shape index (κ1) is 12.9. The average Bonchev–Trinajstić information content (AvgIpc) is 2.23. The molecule has 2 N–H and O–H groups in total. The topological polar surface area (TPSA) is 43.1 Å². The van der Waals surface area contributed by atoms with E-state index in [-0.39, 0.29) is 11.8 Å². The van der Waals surface area contributed by atoms with Crippen molar-refractivity contribution in [2.45, 2.75) is 46.1 Å². The minimum Gasteiger partial charge on any atom is -0.327 e. The maximum Gasteiger partial charge on any atom is 0.138 e. The normalized spacial score (nSPS) is 12.5. The van der Waals surface area contributed by atoms with Gasteiger partial charge in [0.25, 0.3) is 0 Å². The summed E-state index contributed by atoms with van der Waals surface area (Å²) < 4.78 is 0. The van der Waals surface area contributed by atoms with E-state index in [9.17, 15) is 4.79 Å². The summed E-state index contributed by atoms with van der Waals surface area (Å²) in [4.78, 5) is 11.7. The quantitative estimate of drug-likeness (QED) is 0.827. The first-order chi connectivity index (χ1) is 7.52. The van der Waals surface area contributed by atoms with Crippen molar-refractivity contribution in [3.05, 3.63) is 34.9 Å². The third kappa shape index (κ3) is 3.78. The fraction of sp³-hybridized carbons (Fsp3) is 0.500. The molecule has 0 bridgehead atoms. The Kier molecular flexibility index (Phi) is 4.69. The van der Waals surface area contributed by atoms with Crippen molar-refractivity contribution in [3.8, 4) is 0 Å². The second-order valence-electron chi connectivity index (χ2n) is 4.51. The van der Waals surface area contributed by atoms with Crippen LogP contribution in [-0.4, -0.2) is 11.8 Å². The molecule has 0 amide bonds. The van der Waals surface area contributed by atoms with Gasteiger partial charge in [-0.3, -0.25) is 4.79 Å². The number of ketones is 1. The molecule has 1 aromatic carbocycles. The number of carbonyl (C=O) groups is 1. The summed E-state index contributed by atoms with van der Waals surface area (Å²) >= 11 is 0. The van der Waals surface area contributed by atoms with Gasteiger partial charge in [-0.2, -0.15) is 0 Å². The van der Waals surface area contributed by atoms with Crippen LogP contribution in [0.3, 0.4) is 0 Å². The minimum atomic E-state index is 0.0130. The highest BCUT2D eigenvalue weighted by Gasteiger charge is 2.08. The van der Waals surface area contributed by atoms with E-state index in [1.807, 2.05) is 13.0 Å². The molecule has 0 fully saturated rings. The van der Waals surface area contributed by atoms with Crippen molar-refractivity contribution >= 4 is 5.78 Å². The van der Waals surface area contributed by atoms with Crippen LogP contribution in [0.2, 0.25) is 0 Å². The van der Waals surface area contributed by atoms with Crippen LogP contribution in [0.15, 0.2) is 18.2 Å². The molecule has 0 aromatic heterocycles. The summed E-state index contributed by atoms with van der Waals surface area (Å²) in [7, 11) is 0. The van der Waals surface area contributed by atoms with Crippen LogP contribution < -0.4 is 5.73 Å². The molecule has 0 radical (unpaired) electrons. The lowest BCUT2D eigenvalue weighted by molar-refractivity contribution is -0.118. The van der Waals surface area contributed by atoms with Crippen LogP contribution >= 0.6 is 0 Å².